The summed E-state index contributed by atoms with van der Waals surface area (Å²) in [5.41, 5.74) is 0. The minimum Gasteiger partial charge on any atom is -0.0654 e. The molecule has 0 aliphatic carbocycles. The van der Waals surface area contributed by atoms with E-state index in [1.807, 2.05) is 0 Å². The minimum absolute atomic E-state index is 1.02. The highest BCUT2D eigenvalue weighted by molar-refractivity contribution is 4.59. The maximum absolute atomic E-state index is 2.33. The molecule has 0 bridgehead atoms. The van der Waals surface area contributed by atoms with Crippen LogP contribution in [0.2, 0.25) is 0 Å². The van der Waals surface area contributed by atoms with Crippen LogP contribution in [-0.2, 0) is 0 Å². The quantitative estimate of drug-likeness (QED) is 0.281. The maximum atomic E-state index is 2.33. The second-order valence-corrected chi connectivity index (χ2v) is 7.50. The third-order valence-corrected chi connectivity index (χ3v) is 5.14. The standard InChI is InChI=1S/C12H26.C11H24/c1-4-7-10-12(9-6-3)11-8-5-2;1-4-7-9-11(6-3)10-8-5-2/h12H,4-11H2,1-3H3;11H,4-10H2,1-3H3. The van der Waals surface area contributed by atoms with Gasteiger partial charge in [-0.05, 0) is 11.8 Å². The molecule has 23 heavy (non-hydrogen) atoms. The normalized spacial score (nSPS) is 11.0. The first-order valence-electron chi connectivity index (χ1n) is 11.2. The highest BCUT2D eigenvalue weighted by atomic mass is 14.1. The Bertz CT molecular complexity index is 168. The summed E-state index contributed by atoms with van der Waals surface area (Å²) in [5, 5.41) is 0. The van der Waals surface area contributed by atoms with Gasteiger partial charge < -0.3 is 0 Å². The van der Waals surface area contributed by atoms with E-state index >= 15 is 0 Å². The van der Waals surface area contributed by atoms with Gasteiger partial charge in [0.2, 0.25) is 0 Å². The summed E-state index contributed by atoms with van der Waals surface area (Å²) in [6.45, 7) is 13.8. The lowest BCUT2D eigenvalue weighted by molar-refractivity contribution is 0.390. The van der Waals surface area contributed by atoms with E-state index in [0.29, 0.717) is 0 Å². The first-order valence-corrected chi connectivity index (χ1v) is 11.2. The molecule has 0 amide bonds. The van der Waals surface area contributed by atoms with Crippen LogP contribution < -0.4 is 0 Å². The molecule has 0 aliphatic heterocycles. The molecule has 0 unspecified atom stereocenters. The molecule has 0 saturated carbocycles. The van der Waals surface area contributed by atoms with Gasteiger partial charge in [-0.3, -0.25) is 0 Å². The van der Waals surface area contributed by atoms with Gasteiger partial charge in [-0.1, -0.05) is 138 Å². The van der Waals surface area contributed by atoms with Gasteiger partial charge >= 0.3 is 0 Å². The Morgan fingerprint density at radius 1 is 0.391 bits per heavy atom. The molecule has 0 aliphatic rings. The zero-order valence-corrected chi connectivity index (χ0v) is 17.8. The molecule has 0 saturated heterocycles. The van der Waals surface area contributed by atoms with E-state index < -0.39 is 0 Å². The van der Waals surface area contributed by atoms with Crippen molar-refractivity contribution in [3.8, 4) is 0 Å². The predicted octanol–water partition coefficient (Wildman–Crippen LogP) is 9.18. The van der Waals surface area contributed by atoms with Crippen LogP contribution in [0, 0.1) is 11.8 Å². The lowest BCUT2D eigenvalue weighted by Crippen LogP contribution is -1.99. The van der Waals surface area contributed by atoms with Crippen LogP contribution in [0.3, 0.4) is 0 Å². The molecule has 142 valence electrons. The van der Waals surface area contributed by atoms with E-state index in [4.69, 9.17) is 0 Å². The van der Waals surface area contributed by atoms with Gasteiger partial charge in [0.25, 0.3) is 0 Å². The van der Waals surface area contributed by atoms with Gasteiger partial charge in [0, 0.05) is 0 Å². The number of hydrogen-bond acceptors (Lipinski definition) is 0. The zero-order chi connectivity index (χ0) is 17.8. The van der Waals surface area contributed by atoms with Gasteiger partial charge in [-0.15, -0.1) is 0 Å². The van der Waals surface area contributed by atoms with E-state index in [0.717, 1.165) is 11.8 Å². The fourth-order valence-corrected chi connectivity index (χ4v) is 3.37. The molecule has 0 fully saturated rings. The molecule has 0 aromatic heterocycles. The summed E-state index contributed by atoms with van der Waals surface area (Å²) in [6, 6.07) is 0. The Morgan fingerprint density at radius 2 is 0.739 bits per heavy atom. The molecule has 0 radical (unpaired) electrons. The van der Waals surface area contributed by atoms with Gasteiger partial charge in [-0.25, -0.2) is 0 Å². The third-order valence-electron chi connectivity index (χ3n) is 5.14. The third kappa shape index (κ3) is 20.0. The number of unbranched alkanes of at least 4 members (excludes halogenated alkanes) is 4. The van der Waals surface area contributed by atoms with Crippen molar-refractivity contribution in [1.82, 2.24) is 0 Å². The largest absolute Gasteiger partial charge is 0.0654 e. The second-order valence-electron chi connectivity index (χ2n) is 7.50. The molecule has 0 spiro atoms. The van der Waals surface area contributed by atoms with Crippen LogP contribution in [0.25, 0.3) is 0 Å². The summed E-state index contributed by atoms with van der Waals surface area (Å²) >= 11 is 0. The molecule has 0 N–H and O–H groups in total. The maximum Gasteiger partial charge on any atom is -0.0414 e. The smallest absolute Gasteiger partial charge is 0.0414 e. The fourth-order valence-electron chi connectivity index (χ4n) is 3.37. The van der Waals surface area contributed by atoms with Gasteiger partial charge in [0.1, 0.15) is 0 Å². The Kier molecular flexibility index (Phi) is 24.1. The van der Waals surface area contributed by atoms with Crippen LogP contribution in [0.5, 0.6) is 0 Å². The minimum atomic E-state index is 1.02. The molecular formula is C23H50. The molecule has 0 atom stereocenters. The van der Waals surface area contributed by atoms with Crippen molar-refractivity contribution in [3.05, 3.63) is 0 Å². The first-order chi connectivity index (χ1) is 11.2. The molecule has 0 aromatic carbocycles. The predicted molar refractivity (Wildman–Crippen MR) is 110 cm³/mol. The summed E-state index contributed by atoms with van der Waals surface area (Å²) < 4.78 is 0. The van der Waals surface area contributed by atoms with Crippen molar-refractivity contribution in [2.24, 2.45) is 11.8 Å². The van der Waals surface area contributed by atoms with E-state index in [1.54, 1.807) is 0 Å². The van der Waals surface area contributed by atoms with Crippen molar-refractivity contribution in [1.29, 1.82) is 0 Å². The monoisotopic (exact) mass is 326 g/mol. The van der Waals surface area contributed by atoms with Crippen molar-refractivity contribution in [3.63, 3.8) is 0 Å². The lowest BCUT2D eigenvalue weighted by atomic mass is 9.92. The number of rotatable bonds is 15. The Morgan fingerprint density at radius 3 is 1.00 bits per heavy atom. The van der Waals surface area contributed by atoms with Crippen LogP contribution in [0.15, 0.2) is 0 Å². The summed E-state index contributed by atoms with van der Waals surface area (Å²) in [4.78, 5) is 0. The second kappa shape index (κ2) is 22.0. The van der Waals surface area contributed by atoms with E-state index in [9.17, 15) is 0 Å². The fraction of sp³-hybridized carbons (Fsp3) is 1.00. The number of hydrogen-bond donors (Lipinski definition) is 0. The van der Waals surface area contributed by atoms with Crippen molar-refractivity contribution < 1.29 is 0 Å². The molecule has 0 rings (SSSR count). The molecule has 0 nitrogen and oxygen atoms in total. The first kappa shape index (κ1) is 25.2. The lowest BCUT2D eigenvalue weighted by Gasteiger charge is -2.14. The van der Waals surface area contributed by atoms with E-state index in [2.05, 4.69) is 41.5 Å². The van der Waals surface area contributed by atoms with E-state index in [1.165, 1.54) is 96.3 Å². The Balaban J connectivity index is 0. The molecule has 0 heteroatoms. The van der Waals surface area contributed by atoms with Crippen molar-refractivity contribution in [2.75, 3.05) is 0 Å². The van der Waals surface area contributed by atoms with Crippen molar-refractivity contribution in [2.45, 2.75) is 138 Å². The van der Waals surface area contributed by atoms with E-state index in [-0.39, 0.29) is 0 Å². The highest BCUT2D eigenvalue weighted by Gasteiger charge is 2.05. The topological polar surface area (TPSA) is 0 Å². The van der Waals surface area contributed by atoms with Crippen LogP contribution >= 0.6 is 0 Å². The summed E-state index contributed by atoms with van der Waals surface area (Å²) in [6.07, 6.45) is 21.3. The Labute approximate surface area is 150 Å². The summed E-state index contributed by atoms with van der Waals surface area (Å²) in [5.74, 6) is 2.06. The average molecular weight is 327 g/mol. The Hall–Kier alpha value is 0. The highest BCUT2D eigenvalue weighted by Crippen LogP contribution is 2.21. The van der Waals surface area contributed by atoms with Crippen LogP contribution in [-0.4, -0.2) is 0 Å². The van der Waals surface area contributed by atoms with Gasteiger partial charge in [0.15, 0.2) is 0 Å². The van der Waals surface area contributed by atoms with Crippen LogP contribution in [0.1, 0.15) is 138 Å². The average Bonchev–Trinajstić information content (AvgIpc) is 2.58. The van der Waals surface area contributed by atoms with Crippen LogP contribution in [0.4, 0.5) is 0 Å². The van der Waals surface area contributed by atoms with Gasteiger partial charge in [0.05, 0.1) is 0 Å². The molecule has 0 heterocycles. The SMILES string of the molecule is CCCCC(CC)CCCC.CCCCC(CCC)CCCC. The molecular weight excluding hydrogens is 276 g/mol. The molecule has 0 aromatic rings. The zero-order valence-electron chi connectivity index (χ0n) is 17.8. The van der Waals surface area contributed by atoms with Crippen molar-refractivity contribution >= 4 is 0 Å². The summed E-state index contributed by atoms with van der Waals surface area (Å²) in [7, 11) is 0. The van der Waals surface area contributed by atoms with Gasteiger partial charge in [-0.2, -0.15) is 0 Å².